The van der Waals surface area contributed by atoms with Gasteiger partial charge in [-0.25, -0.2) is 9.97 Å². The number of fused-ring (bicyclic) bond motifs is 6. The van der Waals surface area contributed by atoms with Gasteiger partial charge in [0.05, 0.1) is 55.6 Å². The highest BCUT2D eigenvalue weighted by molar-refractivity contribution is 7.99. The molecule has 0 unspecified atom stereocenters. The van der Waals surface area contributed by atoms with Crippen LogP contribution in [0.15, 0.2) is 118 Å². The number of ether oxygens (including phenoxy) is 1. The second-order valence-electron chi connectivity index (χ2n) is 16.0. The number of hydrogen-bond acceptors (Lipinski definition) is 21. The smallest absolute Gasteiger partial charge is 0.296 e. The molecule has 392 valence electrons. The number of imidazole rings is 1. The quantitative estimate of drug-likeness (QED) is 0.0260. The van der Waals surface area contributed by atoms with Gasteiger partial charge in [0.2, 0.25) is 11.0 Å². The van der Waals surface area contributed by atoms with Crippen LogP contribution in [0.4, 0.5) is 33.6 Å². The highest BCUT2D eigenvalue weighted by atomic mass is 35.5. The molecule has 8 aromatic rings. The number of nitriles is 1. The van der Waals surface area contributed by atoms with Crippen LogP contribution in [0.5, 0.6) is 11.6 Å². The van der Waals surface area contributed by atoms with Crippen LogP contribution in [-0.4, -0.2) is 95.7 Å². The maximum absolute atomic E-state index is 12.4. The molecule has 0 aliphatic heterocycles. The maximum atomic E-state index is 12.4. The van der Waals surface area contributed by atoms with Gasteiger partial charge < -0.3 is 9.84 Å². The standard InChI is InChI=1S/C43H35ClN10O11S5.CH4O3S/c1-4-12-65-35-19-31(49-52-38-23(3)27(21-45)41-46-29-8-5-6-9-34(29)54(41)42(38)55)28(44)18-32(35)50-51-33-15-22(2)30(20-36(33)66-13-7-14-68(56,57)58)48-53-43-47-39-37(70(62,63)64)16-24-10-11-25(69(59,60)61)17-26(24)40(39)67-43;1-5(2,3)4/h5-6,8-11,15-20,55H,4,7,12-14H2,1-3H3,(H,56,57,58)(H,59,60,61)(H,62,63,64);1H3,(H,2,3,4). The zero-order valence-electron chi connectivity index (χ0n) is 39.2. The minimum absolute atomic E-state index is 0.0138. The molecule has 0 saturated heterocycles. The molecule has 0 amide bonds. The Morgan fingerprint density at radius 3 is 2.16 bits per heavy atom. The monoisotopic (exact) mass is 1160 g/mol. The molecule has 24 nitrogen and oxygen atoms in total. The number of pyridine rings is 1. The van der Waals surface area contributed by atoms with E-state index in [-0.39, 0.29) is 95.5 Å². The number of rotatable bonds is 16. The van der Waals surface area contributed by atoms with Crippen molar-refractivity contribution < 1.29 is 61.7 Å². The molecule has 31 heteroatoms. The lowest BCUT2D eigenvalue weighted by Crippen LogP contribution is -2.04. The van der Waals surface area contributed by atoms with Crippen molar-refractivity contribution in [3.8, 4) is 17.7 Å². The number of aryl methyl sites for hydroxylation is 1. The van der Waals surface area contributed by atoms with Crippen LogP contribution in [0, 0.1) is 25.2 Å². The largest absolute Gasteiger partial charge is 0.493 e. The van der Waals surface area contributed by atoms with Crippen molar-refractivity contribution in [3.05, 3.63) is 94.5 Å². The van der Waals surface area contributed by atoms with Gasteiger partial charge in [-0.2, -0.15) is 38.9 Å². The number of para-hydroxylation sites is 2. The summed E-state index contributed by atoms with van der Waals surface area (Å²) in [7, 11) is -17.4. The molecule has 0 spiro atoms. The second kappa shape index (κ2) is 22.3. The van der Waals surface area contributed by atoms with Gasteiger partial charge in [-0.1, -0.05) is 48.1 Å². The molecular weight excluding hydrogens is 1120 g/mol. The Morgan fingerprint density at radius 2 is 1.49 bits per heavy atom. The Morgan fingerprint density at radius 1 is 0.813 bits per heavy atom. The second-order valence-corrected chi connectivity index (χ2v) is 24.3. The van der Waals surface area contributed by atoms with Gasteiger partial charge in [0, 0.05) is 21.9 Å². The normalized spacial score (nSPS) is 12.7. The molecule has 0 aliphatic carbocycles. The average Bonchev–Trinajstić information content (AvgIpc) is 3.93. The van der Waals surface area contributed by atoms with Crippen molar-refractivity contribution in [1.29, 1.82) is 5.26 Å². The molecule has 3 aromatic heterocycles. The minimum Gasteiger partial charge on any atom is -0.493 e. The lowest BCUT2D eigenvalue weighted by Gasteiger charge is -2.11. The zero-order chi connectivity index (χ0) is 54.8. The number of nitrogens with zero attached hydrogens (tertiary/aromatic N) is 10. The number of aromatic hydroxyl groups is 1. The highest BCUT2D eigenvalue weighted by Gasteiger charge is 2.24. The number of benzene rings is 5. The summed E-state index contributed by atoms with van der Waals surface area (Å²) in [6, 6.07) is 20.0. The van der Waals surface area contributed by atoms with Gasteiger partial charge in [-0.15, -0.1) is 42.4 Å². The van der Waals surface area contributed by atoms with E-state index >= 15 is 0 Å². The first kappa shape index (κ1) is 56.1. The summed E-state index contributed by atoms with van der Waals surface area (Å²) >= 11 is 8.77. The third-order valence-electron chi connectivity index (χ3n) is 10.4. The van der Waals surface area contributed by atoms with E-state index in [0.717, 1.165) is 29.5 Å². The Hall–Kier alpha value is -6.63. The zero-order valence-corrected chi connectivity index (χ0v) is 44.8. The molecule has 75 heavy (non-hydrogen) atoms. The summed E-state index contributed by atoms with van der Waals surface area (Å²) in [5.74, 6) is -0.380. The van der Waals surface area contributed by atoms with Gasteiger partial charge in [0.1, 0.15) is 39.2 Å². The van der Waals surface area contributed by atoms with E-state index in [1.165, 1.54) is 34.4 Å². The number of thioether (sulfide) groups is 1. The van der Waals surface area contributed by atoms with E-state index in [9.17, 15) is 57.7 Å². The third-order valence-corrected chi connectivity index (χ3v) is 15.3. The number of thiazole rings is 1. The highest BCUT2D eigenvalue weighted by Crippen LogP contribution is 2.45. The Labute approximate surface area is 440 Å². The fourth-order valence-electron chi connectivity index (χ4n) is 7.06. The van der Waals surface area contributed by atoms with E-state index in [0.29, 0.717) is 45.4 Å². The van der Waals surface area contributed by atoms with Crippen molar-refractivity contribution in [2.24, 2.45) is 30.7 Å². The van der Waals surface area contributed by atoms with E-state index < -0.39 is 56.0 Å². The fourth-order valence-corrected chi connectivity index (χ4v) is 11.1. The summed E-state index contributed by atoms with van der Waals surface area (Å²) in [5, 5.41) is 48.2. The summed E-state index contributed by atoms with van der Waals surface area (Å²) in [6.45, 7) is 5.47. The molecule has 0 aliphatic rings. The summed E-state index contributed by atoms with van der Waals surface area (Å²) in [6.07, 6.45) is 1.39. The molecule has 3 heterocycles. The number of azo groups is 3. The van der Waals surface area contributed by atoms with Crippen molar-refractivity contribution in [1.82, 2.24) is 14.4 Å². The molecule has 0 atom stereocenters. The first-order valence-electron chi connectivity index (χ1n) is 21.4. The molecule has 5 N–H and O–H groups in total. The number of hydrogen-bond donors (Lipinski definition) is 5. The van der Waals surface area contributed by atoms with Crippen LogP contribution in [0.25, 0.3) is 37.7 Å². The third kappa shape index (κ3) is 13.4. The predicted octanol–water partition coefficient (Wildman–Crippen LogP) is 11.5. The van der Waals surface area contributed by atoms with Crippen molar-refractivity contribution in [2.75, 3.05) is 24.4 Å². The summed E-state index contributed by atoms with van der Waals surface area (Å²) in [4.78, 5) is 8.24. The van der Waals surface area contributed by atoms with E-state index in [4.69, 9.17) is 20.9 Å². The van der Waals surface area contributed by atoms with Crippen LogP contribution < -0.4 is 4.74 Å². The van der Waals surface area contributed by atoms with Crippen LogP contribution in [0.2, 0.25) is 5.02 Å². The molecule has 0 fully saturated rings. The predicted molar refractivity (Wildman–Crippen MR) is 281 cm³/mol. The SMILES string of the molecule is CCCOc1cc(N=Nc2c(C)c(C#N)c3nc4ccccc4n3c2O)c(Cl)cc1N=Nc1cc(C)c(N=Nc2nc3c(S(=O)(=O)O)cc4ccc(S(=O)(=O)O)cc4c3s2)cc1SCCCS(=O)(=O)O.CS(=O)(=O)O. The van der Waals surface area contributed by atoms with Crippen LogP contribution >= 0.6 is 34.7 Å². The average molecular weight is 1160 g/mol. The lowest BCUT2D eigenvalue weighted by molar-refractivity contribution is 0.318. The number of halogens is 1. The Bertz CT molecular complexity index is 4210. The first-order valence-corrected chi connectivity index (χ1v) is 29.9. The summed E-state index contributed by atoms with van der Waals surface area (Å²) in [5.41, 5.74) is 3.12. The maximum Gasteiger partial charge on any atom is 0.296 e. The van der Waals surface area contributed by atoms with Gasteiger partial charge in [-0.05, 0) is 91.9 Å². The first-order chi connectivity index (χ1) is 35.1. The van der Waals surface area contributed by atoms with Gasteiger partial charge in [0.15, 0.2) is 11.3 Å². The summed E-state index contributed by atoms with van der Waals surface area (Å²) < 4.78 is 134. The Kier molecular flexibility index (Phi) is 16.7. The van der Waals surface area contributed by atoms with Crippen molar-refractivity contribution in [2.45, 2.75) is 48.3 Å². The van der Waals surface area contributed by atoms with Crippen LogP contribution in [0.1, 0.15) is 36.5 Å². The molecule has 0 saturated carbocycles. The van der Waals surface area contributed by atoms with E-state index in [1.54, 1.807) is 50.2 Å². The van der Waals surface area contributed by atoms with Crippen molar-refractivity contribution >= 4 is 146 Å². The van der Waals surface area contributed by atoms with Crippen LogP contribution in [0.3, 0.4) is 0 Å². The van der Waals surface area contributed by atoms with Gasteiger partial charge in [-0.3, -0.25) is 22.6 Å². The topological polar surface area (TPSA) is 375 Å². The molecule has 8 rings (SSSR count). The molecule has 0 radical (unpaired) electrons. The minimum atomic E-state index is -4.83. The molecular formula is C44H39ClN10O14S6. The fraction of sp³-hybridized carbons (Fsp3) is 0.205. The van der Waals surface area contributed by atoms with Gasteiger partial charge in [0.25, 0.3) is 40.5 Å². The Balaban J connectivity index is 0.00000157. The van der Waals surface area contributed by atoms with E-state index in [2.05, 4.69) is 46.7 Å². The van der Waals surface area contributed by atoms with Crippen LogP contribution in [-0.2, 0) is 40.5 Å². The van der Waals surface area contributed by atoms with E-state index in [1.807, 2.05) is 6.92 Å². The number of aromatic nitrogens is 3. The molecule has 5 aromatic carbocycles. The van der Waals surface area contributed by atoms with Crippen molar-refractivity contribution in [3.63, 3.8) is 0 Å². The van der Waals surface area contributed by atoms with Gasteiger partial charge >= 0.3 is 0 Å². The molecule has 0 bridgehead atoms. The lowest BCUT2D eigenvalue weighted by atomic mass is 10.1.